The van der Waals surface area contributed by atoms with Crippen LogP contribution in [0.5, 0.6) is 5.75 Å². The normalized spacial score (nSPS) is 17.2. The van der Waals surface area contributed by atoms with Crippen LogP contribution in [0.2, 0.25) is 0 Å². The van der Waals surface area contributed by atoms with E-state index in [1.54, 1.807) is 4.90 Å². The quantitative estimate of drug-likeness (QED) is 0.638. The highest BCUT2D eigenvalue weighted by atomic mass is 19.4. The van der Waals surface area contributed by atoms with Gasteiger partial charge in [0.15, 0.2) is 0 Å². The van der Waals surface area contributed by atoms with E-state index >= 15 is 0 Å². The molecule has 0 aromatic heterocycles. The number of ether oxygens (including phenoxy) is 1. The first-order valence-corrected chi connectivity index (χ1v) is 10.1. The lowest BCUT2D eigenvalue weighted by molar-refractivity contribution is -0.274. The molecular formula is C20H25F3N4O4. The molecule has 1 heterocycles. The van der Waals surface area contributed by atoms with Gasteiger partial charge in [-0.2, -0.15) is 0 Å². The lowest BCUT2D eigenvalue weighted by atomic mass is 10.2. The topological polar surface area (TPSA) is 91.0 Å². The zero-order valence-electron chi connectivity index (χ0n) is 16.9. The SMILES string of the molecule is O=C(CN1CCN(C(=O)CCNC(=O)C2CC2)CC1)Nc1ccc(OC(F)(F)F)cc1. The summed E-state index contributed by atoms with van der Waals surface area (Å²) in [6, 6.07) is 4.91. The molecule has 0 bridgehead atoms. The molecule has 1 aliphatic carbocycles. The smallest absolute Gasteiger partial charge is 0.406 e. The Morgan fingerprint density at radius 3 is 2.26 bits per heavy atom. The average molecular weight is 442 g/mol. The first-order valence-electron chi connectivity index (χ1n) is 10.1. The van der Waals surface area contributed by atoms with Crippen LogP contribution in [0.1, 0.15) is 19.3 Å². The maximum atomic E-state index is 12.2. The molecule has 2 fully saturated rings. The number of hydrogen-bond donors (Lipinski definition) is 2. The highest BCUT2D eigenvalue weighted by molar-refractivity contribution is 5.92. The molecule has 1 saturated carbocycles. The fraction of sp³-hybridized carbons (Fsp3) is 0.550. The van der Waals surface area contributed by atoms with Crippen LogP contribution in [0.25, 0.3) is 0 Å². The van der Waals surface area contributed by atoms with E-state index in [2.05, 4.69) is 15.4 Å². The van der Waals surface area contributed by atoms with Gasteiger partial charge in [-0.1, -0.05) is 0 Å². The third-order valence-corrected chi connectivity index (χ3v) is 5.05. The van der Waals surface area contributed by atoms with Crippen molar-refractivity contribution in [2.75, 3.05) is 44.6 Å². The Morgan fingerprint density at radius 2 is 1.68 bits per heavy atom. The van der Waals surface area contributed by atoms with Crippen molar-refractivity contribution in [2.24, 2.45) is 5.92 Å². The van der Waals surface area contributed by atoms with Crippen molar-refractivity contribution in [3.63, 3.8) is 0 Å². The van der Waals surface area contributed by atoms with Crippen LogP contribution in [-0.2, 0) is 14.4 Å². The summed E-state index contributed by atoms with van der Waals surface area (Å²) >= 11 is 0. The summed E-state index contributed by atoms with van der Waals surface area (Å²) in [7, 11) is 0. The summed E-state index contributed by atoms with van der Waals surface area (Å²) in [5, 5.41) is 5.40. The van der Waals surface area contributed by atoms with Crippen molar-refractivity contribution in [3.05, 3.63) is 24.3 Å². The predicted molar refractivity (Wildman–Crippen MR) is 105 cm³/mol. The van der Waals surface area contributed by atoms with Crippen molar-refractivity contribution in [2.45, 2.75) is 25.6 Å². The maximum absolute atomic E-state index is 12.2. The summed E-state index contributed by atoms with van der Waals surface area (Å²) in [4.78, 5) is 39.6. The van der Waals surface area contributed by atoms with Gasteiger partial charge in [-0.25, -0.2) is 0 Å². The molecule has 0 unspecified atom stereocenters. The molecule has 1 aromatic rings. The highest BCUT2D eigenvalue weighted by Gasteiger charge is 2.31. The molecule has 0 atom stereocenters. The number of alkyl halides is 3. The third kappa shape index (κ3) is 7.74. The van der Waals surface area contributed by atoms with E-state index in [4.69, 9.17) is 0 Å². The van der Waals surface area contributed by atoms with Gasteiger partial charge in [0.05, 0.1) is 6.54 Å². The van der Waals surface area contributed by atoms with E-state index < -0.39 is 6.36 Å². The standard InChI is InChI=1S/C20H25F3N4O4/c21-20(22,23)31-16-5-3-15(4-6-16)25-17(28)13-26-9-11-27(12-10-26)18(29)7-8-24-19(30)14-1-2-14/h3-6,14H,1-2,7-13H2,(H,24,30)(H,25,28). The van der Waals surface area contributed by atoms with Crippen molar-refractivity contribution in [1.29, 1.82) is 0 Å². The number of carbonyl (C=O) groups excluding carboxylic acids is 3. The summed E-state index contributed by atoms with van der Waals surface area (Å²) in [6.45, 7) is 2.50. The Morgan fingerprint density at radius 1 is 1.03 bits per heavy atom. The van der Waals surface area contributed by atoms with E-state index in [0.717, 1.165) is 25.0 Å². The second kappa shape index (κ2) is 9.99. The second-order valence-corrected chi connectivity index (χ2v) is 7.59. The molecule has 2 N–H and O–H groups in total. The van der Waals surface area contributed by atoms with Gasteiger partial charge in [0.2, 0.25) is 17.7 Å². The van der Waals surface area contributed by atoms with Crippen LogP contribution >= 0.6 is 0 Å². The highest BCUT2D eigenvalue weighted by Crippen LogP contribution is 2.28. The largest absolute Gasteiger partial charge is 0.573 e. The number of carbonyl (C=O) groups is 3. The lowest BCUT2D eigenvalue weighted by Gasteiger charge is -2.34. The summed E-state index contributed by atoms with van der Waals surface area (Å²) in [6.07, 6.45) is -2.66. The Bertz CT molecular complexity index is 789. The van der Waals surface area contributed by atoms with Crippen LogP contribution in [0.3, 0.4) is 0 Å². The molecule has 3 amide bonds. The minimum Gasteiger partial charge on any atom is -0.406 e. The number of piperazine rings is 1. The minimum absolute atomic E-state index is 0.0196. The fourth-order valence-electron chi connectivity index (χ4n) is 3.24. The second-order valence-electron chi connectivity index (χ2n) is 7.59. The van der Waals surface area contributed by atoms with Gasteiger partial charge < -0.3 is 20.3 Å². The van der Waals surface area contributed by atoms with Gasteiger partial charge in [-0.05, 0) is 37.1 Å². The fourth-order valence-corrected chi connectivity index (χ4v) is 3.24. The number of benzene rings is 1. The Hall–Kier alpha value is -2.82. The average Bonchev–Trinajstić information content (AvgIpc) is 3.54. The first kappa shape index (κ1) is 22.9. The molecule has 2 aliphatic rings. The molecule has 170 valence electrons. The number of amides is 3. The van der Waals surface area contributed by atoms with Gasteiger partial charge in [-0.15, -0.1) is 13.2 Å². The lowest BCUT2D eigenvalue weighted by Crippen LogP contribution is -2.50. The van der Waals surface area contributed by atoms with Crippen molar-refractivity contribution in [3.8, 4) is 5.75 Å². The van der Waals surface area contributed by atoms with Gasteiger partial charge in [-0.3, -0.25) is 19.3 Å². The first-order chi connectivity index (χ1) is 14.7. The molecule has 11 heteroatoms. The summed E-state index contributed by atoms with van der Waals surface area (Å²) in [5.74, 6) is -0.547. The molecule has 1 aromatic carbocycles. The Kier molecular flexibility index (Phi) is 7.37. The number of anilines is 1. The van der Waals surface area contributed by atoms with E-state index in [1.807, 2.05) is 4.90 Å². The molecule has 8 nitrogen and oxygen atoms in total. The third-order valence-electron chi connectivity index (χ3n) is 5.05. The van der Waals surface area contributed by atoms with Crippen LogP contribution in [0, 0.1) is 5.92 Å². The van der Waals surface area contributed by atoms with Gasteiger partial charge in [0, 0.05) is 50.7 Å². The summed E-state index contributed by atoms with van der Waals surface area (Å²) in [5.41, 5.74) is 0.363. The van der Waals surface area contributed by atoms with E-state index in [0.29, 0.717) is 38.4 Å². The molecular weight excluding hydrogens is 417 g/mol. The number of nitrogens with zero attached hydrogens (tertiary/aromatic N) is 2. The number of halogens is 3. The van der Waals surface area contributed by atoms with E-state index in [9.17, 15) is 27.6 Å². The Labute approximate surface area is 177 Å². The van der Waals surface area contributed by atoms with Crippen LogP contribution < -0.4 is 15.4 Å². The van der Waals surface area contributed by atoms with Crippen molar-refractivity contribution < 1.29 is 32.3 Å². The molecule has 0 spiro atoms. The van der Waals surface area contributed by atoms with Crippen molar-refractivity contribution in [1.82, 2.24) is 15.1 Å². The number of hydrogen-bond acceptors (Lipinski definition) is 5. The predicted octanol–water partition coefficient (Wildman–Crippen LogP) is 1.58. The van der Waals surface area contributed by atoms with Gasteiger partial charge >= 0.3 is 6.36 Å². The van der Waals surface area contributed by atoms with E-state index in [-0.39, 0.29) is 42.4 Å². The maximum Gasteiger partial charge on any atom is 0.573 e. The summed E-state index contributed by atoms with van der Waals surface area (Å²) < 4.78 is 40.3. The van der Waals surface area contributed by atoms with Crippen LogP contribution in [-0.4, -0.2) is 73.2 Å². The van der Waals surface area contributed by atoms with Crippen LogP contribution in [0.15, 0.2) is 24.3 Å². The zero-order chi connectivity index (χ0) is 22.4. The molecule has 0 radical (unpaired) electrons. The molecule has 1 aliphatic heterocycles. The monoisotopic (exact) mass is 442 g/mol. The number of rotatable bonds is 8. The molecule has 3 rings (SSSR count). The molecule has 1 saturated heterocycles. The molecule has 31 heavy (non-hydrogen) atoms. The van der Waals surface area contributed by atoms with Crippen LogP contribution in [0.4, 0.5) is 18.9 Å². The zero-order valence-corrected chi connectivity index (χ0v) is 16.9. The van der Waals surface area contributed by atoms with Gasteiger partial charge in [0.1, 0.15) is 5.75 Å². The minimum atomic E-state index is -4.77. The Balaban J connectivity index is 1.33. The number of nitrogens with one attached hydrogen (secondary N) is 2. The van der Waals surface area contributed by atoms with Crippen molar-refractivity contribution >= 4 is 23.4 Å². The van der Waals surface area contributed by atoms with E-state index in [1.165, 1.54) is 12.1 Å². The van der Waals surface area contributed by atoms with Gasteiger partial charge in [0.25, 0.3) is 0 Å².